The topological polar surface area (TPSA) is 0 Å². The van der Waals surface area contributed by atoms with Crippen LogP contribution in [-0.4, -0.2) is 0 Å². The summed E-state index contributed by atoms with van der Waals surface area (Å²) in [5, 5.41) is 0. The fourth-order valence-corrected chi connectivity index (χ4v) is 2.88. The van der Waals surface area contributed by atoms with Crippen LogP contribution in [0.5, 0.6) is 0 Å². The molecule has 0 spiro atoms. The van der Waals surface area contributed by atoms with Crippen LogP contribution in [0, 0.1) is 11.8 Å². The van der Waals surface area contributed by atoms with Gasteiger partial charge in [0.05, 0.1) is 0 Å². The second kappa shape index (κ2) is 7.09. The van der Waals surface area contributed by atoms with Gasteiger partial charge in [-0.25, -0.2) is 0 Å². The van der Waals surface area contributed by atoms with Crippen LogP contribution in [0.25, 0.3) is 0 Å². The molecule has 0 bridgehead atoms. The summed E-state index contributed by atoms with van der Waals surface area (Å²) < 4.78 is 0. The third-order valence-electron chi connectivity index (χ3n) is 4.01. The van der Waals surface area contributed by atoms with Crippen LogP contribution in [0.4, 0.5) is 0 Å². The molecule has 0 amide bonds. The summed E-state index contributed by atoms with van der Waals surface area (Å²) in [4.78, 5) is 0. The Bertz CT molecular complexity index is 180. The van der Waals surface area contributed by atoms with Crippen molar-refractivity contribution in [3.8, 4) is 0 Å². The maximum Gasteiger partial charge on any atom is -0.0208 e. The van der Waals surface area contributed by atoms with Crippen molar-refractivity contribution in [1.29, 1.82) is 0 Å². The monoisotopic (exact) mass is 208 g/mol. The molecule has 1 unspecified atom stereocenters. The molecular weight excluding hydrogens is 180 g/mol. The van der Waals surface area contributed by atoms with Gasteiger partial charge in [-0.1, -0.05) is 58.1 Å². The van der Waals surface area contributed by atoms with Gasteiger partial charge in [0, 0.05) is 0 Å². The first-order chi connectivity index (χ1) is 7.27. The predicted molar refractivity (Wildman–Crippen MR) is 69.0 cm³/mol. The summed E-state index contributed by atoms with van der Waals surface area (Å²) in [6.45, 7) is 8.85. The minimum atomic E-state index is 0.844. The normalized spacial score (nSPS) is 26.9. The van der Waals surface area contributed by atoms with E-state index in [9.17, 15) is 0 Å². The van der Waals surface area contributed by atoms with Crippen molar-refractivity contribution in [2.24, 2.45) is 11.8 Å². The number of hydrogen-bond acceptors (Lipinski definition) is 0. The smallest absolute Gasteiger partial charge is 0.0208 e. The lowest BCUT2D eigenvalue weighted by Gasteiger charge is -2.30. The molecule has 1 rings (SSSR count). The third kappa shape index (κ3) is 4.40. The van der Waals surface area contributed by atoms with Gasteiger partial charge in [-0.3, -0.25) is 0 Å². The van der Waals surface area contributed by atoms with Crippen molar-refractivity contribution < 1.29 is 0 Å². The Morgan fingerprint density at radius 3 is 2.53 bits per heavy atom. The Morgan fingerprint density at radius 2 is 1.93 bits per heavy atom. The Hall–Kier alpha value is -0.260. The first kappa shape index (κ1) is 12.8. The molecule has 0 aromatic heterocycles. The summed E-state index contributed by atoms with van der Waals surface area (Å²) in [5.41, 5.74) is 1.55. The van der Waals surface area contributed by atoms with Crippen LogP contribution in [-0.2, 0) is 0 Å². The van der Waals surface area contributed by atoms with Crippen LogP contribution in [0.15, 0.2) is 12.2 Å². The number of allylic oxidation sites excluding steroid dienone is 1. The van der Waals surface area contributed by atoms with E-state index in [1.54, 1.807) is 5.57 Å². The van der Waals surface area contributed by atoms with E-state index < -0.39 is 0 Å². The molecule has 0 N–H and O–H groups in total. The average molecular weight is 208 g/mol. The van der Waals surface area contributed by atoms with E-state index >= 15 is 0 Å². The van der Waals surface area contributed by atoms with Crippen LogP contribution >= 0.6 is 0 Å². The first-order valence-corrected chi connectivity index (χ1v) is 6.95. The molecule has 0 radical (unpaired) electrons. The van der Waals surface area contributed by atoms with E-state index in [4.69, 9.17) is 0 Å². The molecule has 15 heavy (non-hydrogen) atoms. The fraction of sp³-hybridized carbons (Fsp3) is 0.867. The maximum atomic E-state index is 4.26. The van der Waals surface area contributed by atoms with Crippen molar-refractivity contribution >= 4 is 0 Å². The quantitative estimate of drug-likeness (QED) is 0.408. The SMILES string of the molecule is C=C1CC(CCCCCC)CC[C@H]1CC. The van der Waals surface area contributed by atoms with Gasteiger partial charge in [0.1, 0.15) is 0 Å². The molecule has 1 fully saturated rings. The molecule has 1 saturated carbocycles. The van der Waals surface area contributed by atoms with Gasteiger partial charge in [0.2, 0.25) is 0 Å². The predicted octanol–water partition coefficient (Wildman–Crippen LogP) is 5.34. The Morgan fingerprint density at radius 1 is 1.13 bits per heavy atom. The molecule has 1 aliphatic carbocycles. The second-order valence-corrected chi connectivity index (χ2v) is 5.26. The summed E-state index contributed by atoms with van der Waals surface area (Å²) in [6, 6.07) is 0. The molecule has 0 heteroatoms. The van der Waals surface area contributed by atoms with E-state index in [0.717, 1.165) is 11.8 Å². The van der Waals surface area contributed by atoms with Gasteiger partial charge in [0.15, 0.2) is 0 Å². The molecule has 0 aromatic rings. The highest BCUT2D eigenvalue weighted by Crippen LogP contribution is 2.36. The fourth-order valence-electron chi connectivity index (χ4n) is 2.88. The van der Waals surface area contributed by atoms with Crippen LogP contribution in [0.1, 0.15) is 71.6 Å². The molecule has 0 heterocycles. The molecule has 0 nitrogen and oxygen atoms in total. The van der Waals surface area contributed by atoms with Crippen LogP contribution < -0.4 is 0 Å². The van der Waals surface area contributed by atoms with Crippen LogP contribution in [0.3, 0.4) is 0 Å². The van der Waals surface area contributed by atoms with Crippen molar-refractivity contribution in [1.82, 2.24) is 0 Å². The largest absolute Gasteiger partial charge is 0.0996 e. The van der Waals surface area contributed by atoms with Gasteiger partial charge >= 0.3 is 0 Å². The van der Waals surface area contributed by atoms with Crippen molar-refractivity contribution in [3.05, 3.63) is 12.2 Å². The van der Waals surface area contributed by atoms with E-state index in [-0.39, 0.29) is 0 Å². The lowest BCUT2D eigenvalue weighted by atomic mass is 9.76. The summed E-state index contributed by atoms with van der Waals surface area (Å²) >= 11 is 0. The van der Waals surface area contributed by atoms with Gasteiger partial charge in [-0.05, 0) is 37.5 Å². The Balaban J connectivity index is 2.14. The number of rotatable bonds is 6. The van der Waals surface area contributed by atoms with Gasteiger partial charge in [-0.15, -0.1) is 0 Å². The molecule has 1 aliphatic rings. The molecule has 0 aromatic carbocycles. The summed E-state index contributed by atoms with van der Waals surface area (Å²) in [7, 11) is 0. The van der Waals surface area contributed by atoms with Crippen molar-refractivity contribution in [3.63, 3.8) is 0 Å². The first-order valence-electron chi connectivity index (χ1n) is 6.95. The van der Waals surface area contributed by atoms with Gasteiger partial charge in [0.25, 0.3) is 0 Å². The molecule has 88 valence electrons. The molecular formula is C15H28. The second-order valence-electron chi connectivity index (χ2n) is 5.26. The van der Waals surface area contributed by atoms with Crippen molar-refractivity contribution in [2.75, 3.05) is 0 Å². The zero-order valence-electron chi connectivity index (χ0n) is 10.7. The van der Waals surface area contributed by atoms with E-state index in [2.05, 4.69) is 20.4 Å². The Kier molecular flexibility index (Phi) is 6.05. The number of unbranched alkanes of at least 4 members (excludes halogenated alkanes) is 3. The molecule has 2 atom stereocenters. The zero-order valence-corrected chi connectivity index (χ0v) is 10.7. The number of hydrogen-bond donors (Lipinski definition) is 0. The maximum absolute atomic E-state index is 4.26. The van der Waals surface area contributed by atoms with E-state index in [1.165, 1.54) is 57.8 Å². The zero-order chi connectivity index (χ0) is 11.1. The summed E-state index contributed by atoms with van der Waals surface area (Å²) in [6.07, 6.45) is 12.6. The molecule has 0 aliphatic heterocycles. The van der Waals surface area contributed by atoms with Gasteiger partial charge < -0.3 is 0 Å². The highest BCUT2D eigenvalue weighted by molar-refractivity contribution is 5.04. The highest BCUT2D eigenvalue weighted by atomic mass is 14.3. The van der Waals surface area contributed by atoms with Crippen LogP contribution in [0.2, 0.25) is 0 Å². The van der Waals surface area contributed by atoms with Crippen molar-refractivity contribution in [2.45, 2.75) is 71.6 Å². The standard InChI is InChI=1S/C15H28/c1-4-6-7-8-9-14-10-11-15(5-2)13(3)12-14/h14-15H,3-12H2,1-2H3/t14?,15-/m1/s1. The average Bonchev–Trinajstić information content (AvgIpc) is 2.25. The Labute approximate surface area is 96.2 Å². The van der Waals surface area contributed by atoms with E-state index in [0.29, 0.717) is 0 Å². The minimum Gasteiger partial charge on any atom is -0.0996 e. The lowest BCUT2D eigenvalue weighted by Crippen LogP contribution is -2.16. The van der Waals surface area contributed by atoms with Gasteiger partial charge in [-0.2, -0.15) is 0 Å². The minimum absolute atomic E-state index is 0.844. The molecule has 0 saturated heterocycles. The van der Waals surface area contributed by atoms with E-state index in [1.807, 2.05) is 0 Å². The summed E-state index contributed by atoms with van der Waals surface area (Å²) in [5.74, 6) is 1.81. The third-order valence-corrected chi connectivity index (χ3v) is 4.01. The highest BCUT2D eigenvalue weighted by Gasteiger charge is 2.22. The lowest BCUT2D eigenvalue weighted by molar-refractivity contribution is 0.320.